The Morgan fingerprint density at radius 1 is 1.11 bits per heavy atom. The number of halogens is 5. The smallest absolute Gasteiger partial charge is 0.383 e. The SMILES string of the molecule is C[C@]12C[C@H](c3ccc(CN=[N+]=[N-])cc3)C3=C4CCC(=O)C=C4CCC3C1CC[C@@]2(O)C(F)(F)C(F)(F)F. The number of rotatable bonds is 4. The van der Waals surface area contributed by atoms with Gasteiger partial charge in [0.05, 0.1) is 6.54 Å². The normalized spacial score (nSPS) is 33.8. The van der Waals surface area contributed by atoms with Crippen molar-refractivity contribution in [1.82, 2.24) is 0 Å². The van der Waals surface area contributed by atoms with E-state index in [1.54, 1.807) is 30.3 Å². The maximum Gasteiger partial charge on any atom is 0.456 e. The van der Waals surface area contributed by atoms with Gasteiger partial charge in [0.2, 0.25) is 0 Å². The van der Waals surface area contributed by atoms with Crippen LogP contribution >= 0.6 is 0 Å². The van der Waals surface area contributed by atoms with Crippen LogP contribution in [0.4, 0.5) is 22.0 Å². The minimum absolute atomic E-state index is 0.0393. The molecule has 0 aliphatic heterocycles. The molecule has 4 aliphatic rings. The maximum absolute atomic E-state index is 15.0. The van der Waals surface area contributed by atoms with Crippen molar-refractivity contribution >= 4 is 5.78 Å². The molecule has 0 bridgehead atoms. The van der Waals surface area contributed by atoms with E-state index in [1.807, 2.05) is 0 Å². The minimum Gasteiger partial charge on any atom is -0.383 e. The second-order valence-corrected chi connectivity index (χ2v) is 11.1. The van der Waals surface area contributed by atoms with E-state index in [9.17, 15) is 31.9 Å². The van der Waals surface area contributed by atoms with Crippen molar-refractivity contribution in [1.29, 1.82) is 0 Å². The summed E-state index contributed by atoms with van der Waals surface area (Å²) in [6.45, 7) is 1.54. The Morgan fingerprint density at radius 3 is 2.46 bits per heavy atom. The van der Waals surface area contributed by atoms with E-state index in [0.29, 0.717) is 25.7 Å². The number of hydrogen-bond acceptors (Lipinski definition) is 3. The van der Waals surface area contributed by atoms with Crippen LogP contribution in [0.5, 0.6) is 0 Å². The second kappa shape index (κ2) is 8.67. The van der Waals surface area contributed by atoms with Crippen molar-refractivity contribution in [2.24, 2.45) is 22.4 Å². The summed E-state index contributed by atoms with van der Waals surface area (Å²) in [5.74, 6) is -6.50. The number of fused-ring (bicyclic) bond motifs is 4. The topological polar surface area (TPSA) is 86.1 Å². The predicted molar refractivity (Wildman–Crippen MR) is 126 cm³/mol. The molecule has 5 rings (SSSR count). The van der Waals surface area contributed by atoms with Crippen LogP contribution in [0.2, 0.25) is 0 Å². The summed E-state index contributed by atoms with van der Waals surface area (Å²) < 4.78 is 70.9. The van der Waals surface area contributed by atoms with Crippen molar-refractivity contribution in [2.75, 3.05) is 0 Å². The molecule has 10 heteroatoms. The third kappa shape index (κ3) is 3.75. The summed E-state index contributed by atoms with van der Waals surface area (Å²) >= 11 is 0. The zero-order valence-electron chi connectivity index (χ0n) is 20.4. The number of azide groups is 1. The number of alkyl halides is 5. The van der Waals surface area contributed by atoms with Gasteiger partial charge in [-0.1, -0.05) is 41.9 Å². The molecule has 37 heavy (non-hydrogen) atoms. The van der Waals surface area contributed by atoms with E-state index in [0.717, 1.165) is 27.8 Å². The van der Waals surface area contributed by atoms with Crippen LogP contribution in [0.3, 0.4) is 0 Å². The molecule has 5 atom stereocenters. The first-order chi connectivity index (χ1) is 17.3. The summed E-state index contributed by atoms with van der Waals surface area (Å²) in [6, 6.07) is 7.10. The number of hydrogen-bond donors (Lipinski definition) is 1. The molecule has 4 aliphatic carbocycles. The highest BCUT2D eigenvalue weighted by molar-refractivity contribution is 5.93. The van der Waals surface area contributed by atoms with Crippen LogP contribution in [0.15, 0.2) is 52.2 Å². The van der Waals surface area contributed by atoms with E-state index in [-0.39, 0.29) is 31.1 Å². The Bertz CT molecular complexity index is 1230. The monoisotopic (exact) mass is 521 g/mol. The van der Waals surface area contributed by atoms with Gasteiger partial charge in [-0.25, -0.2) is 0 Å². The van der Waals surface area contributed by atoms with Crippen molar-refractivity contribution in [3.63, 3.8) is 0 Å². The molecule has 2 saturated carbocycles. The molecule has 0 amide bonds. The Hall–Kier alpha value is -2.71. The number of aliphatic hydroxyl groups is 1. The summed E-state index contributed by atoms with van der Waals surface area (Å²) in [4.78, 5) is 14.9. The van der Waals surface area contributed by atoms with Crippen LogP contribution < -0.4 is 0 Å². The van der Waals surface area contributed by atoms with Gasteiger partial charge in [0, 0.05) is 22.7 Å². The van der Waals surface area contributed by atoms with Gasteiger partial charge in [-0.15, -0.1) is 0 Å². The van der Waals surface area contributed by atoms with E-state index in [4.69, 9.17) is 5.53 Å². The Labute approximate surface area is 211 Å². The second-order valence-electron chi connectivity index (χ2n) is 11.1. The molecule has 2 fully saturated rings. The van der Waals surface area contributed by atoms with Gasteiger partial charge in [-0.3, -0.25) is 4.79 Å². The first kappa shape index (κ1) is 25.9. The fraction of sp³-hybridized carbons (Fsp3) is 0.593. The van der Waals surface area contributed by atoms with E-state index in [2.05, 4.69) is 10.0 Å². The summed E-state index contributed by atoms with van der Waals surface area (Å²) in [7, 11) is 0. The number of benzene rings is 1. The van der Waals surface area contributed by atoms with Crippen molar-refractivity contribution in [3.8, 4) is 0 Å². The summed E-state index contributed by atoms with van der Waals surface area (Å²) in [5, 5.41) is 14.8. The molecular weight excluding hydrogens is 493 g/mol. The predicted octanol–water partition coefficient (Wildman–Crippen LogP) is 7.33. The third-order valence-electron chi connectivity index (χ3n) is 9.46. The average molecular weight is 522 g/mol. The largest absolute Gasteiger partial charge is 0.456 e. The van der Waals surface area contributed by atoms with Gasteiger partial charge in [-0.05, 0) is 84.2 Å². The number of carbonyl (C=O) groups is 1. The maximum atomic E-state index is 15.0. The molecule has 1 aromatic rings. The molecule has 198 valence electrons. The fourth-order valence-corrected chi connectivity index (χ4v) is 7.68. The molecule has 0 aromatic heterocycles. The molecule has 5 nitrogen and oxygen atoms in total. The number of carbonyl (C=O) groups excluding carboxylic acids is 1. The first-order valence-electron chi connectivity index (χ1n) is 12.6. The number of allylic oxidation sites excluding steroid dienone is 4. The van der Waals surface area contributed by atoms with Gasteiger partial charge in [-0.2, -0.15) is 22.0 Å². The van der Waals surface area contributed by atoms with Crippen molar-refractivity contribution in [2.45, 2.75) is 82.0 Å². The quantitative estimate of drug-likeness (QED) is 0.195. The van der Waals surface area contributed by atoms with Crippen LogP contribution in [0.25, 0.3) is 10.4 Å². The van der Waals surface area contributed by atoms with Gasteiger partial charge in [0.1, 0.15) is 5.60 Å². The highest BCUT2D eigenvalue weighted by Crippen LogP contribution is 2.70. The molecule has 2 unspecified atom stereocenters. The lowest BCUT2D eigenvalue weighted by Gasteiger charge is -2.56. The molecule has 0 spiro atoms. The van der Waals surface area contributed by atoms with Gasteiger partial charge >= 0.3 is 12.1 Å². The molecule has 0 radical (unpaired) electrons. The lowest BCUT2D eigenvalue weighted by atomic mass is 9.50. The minimum atomic E-state index is -5.87. The van der Waals surface area contributed by atoms with E-state index < -0.39 is 41.4 Å². The Balaban J connectivity index is 1.66. The molecular formula is C27H28F5N3O2. The Morgan fingerprint density at radius 2 is 1.81 bits per heavy atom. The first-order valence-corrected chi connectivity index (χ1v) is 12.6. The van der Waals surface area contributed by atoms with Crippen LogP contribution in [0.1, 0.15) is 68.9 Å². The van der Waals surface area contributed by atoms with Gasteiger partial charge in [0.25, 0.3) is 0 Å². The molecule has 1 N–H and O–H groups in total. The van der Waals surface area contributed by atoms with Crippen molar-refractivity contribution in [3.05, 3.63) is 68.6 Å². The van der Waals surface area contributed by atoms with Crippen molar-refractivity contribution < 1.29 is 31.9 Å². The van der Waals surface area contributed by atoms with E-state index >= 15 is 0 Å². The molecule has 0 saturated heterocycles. The lowest BCUT2D eigenvalue weighted by molar-refractivity contribution is -0.362. The van der Waals surface area contributed by atoms with Crippen LogP contribution in [-0.4, -0.2) is 28.6 Å². The summed E-state index contributed by atoms with van der Waals surface area (Å²) in [5.41, 5.74) is 8.16. The lowest BCUT2D eigenvalue weighted by Crippen LogP contribution is -2.65. The number of nitrogens with zero attached hydrogens (tertiary/aromatic N) is 3. The third-order valence-corrected chi connectivity index (χ3v) is 9.46. The Kier molecular flexibility index (Phi) is 6.07. The standard InChI is InChI=1S/C27H28F5N3O2/c1-24-13-21(16-4-2-15(3-5-16)14-34-35-33)23-19-9-7-18(36)12-17(19)6-8-20(23)22(24)10-11-25(24,37)26(28,29)27(30,31)32/h2-5,12,20-22,37H,6-11,13-14H2,1H3/t20?,21-,22?,24+,25+/m1/s1. The zero-order chi connectivity index (χ0) is 26.8. The van der Waals surface area contributed by atoms with Gasteiger partial charge < -0.3 is 5.11 Å². The van der Waals surface area contributed by atoms with Gasteiger partial charge in [0.15, 0.2) is 5.78 Å². The zero-order valence-corrected chi connectivity index (χ0v) is 20.4. The van der Waals surface area contributed by atoms with E-state index in [1.165, 1.54) is 6.92 Å². The average Bonchev–Trinajstić information content (AvgIpc) is 3.13. The van der Waals surface area contributed by atoms with Crippen LogP contribution in [0, 0.1) is 17.3 Å². The highest BCUT2D eigenvalue weighted by atomic mass is 19.4. The molecule has 1 aromatic carbocycles. The van der Waals surface area contributed by atoms with Crippen LogP contribution in [-0.2, 0) is 11.3 Å². The summed E-state index contributed by atoms with van der Waals surface area (Å²) in [6.07, 6.45) is -2.87. The molecule has 0 heterocycles. The fourth-order valence-electron chi connectivity index (χ4n) is 7.68. The number of ketones is 1. The highest BCUT2D eigenvalue weighted by Gasteiger charge is 2.79.